The quantitative estimate of drug-likeness (QED) is 0.698. The molecular weight excluding hydrogens is 376 g/mol. The number of amides is 1. The van der Waals surface area contributed by atoms with Gasteiger partial charge in [-0.25, -0.2) is 4.39 Å². The first-order valence-electron chi connectivity index (χ1n) is 8.80. The number of carbonyl (C=O) groups excluding carboxylic acids is 1. The van der Waals surface area contributed by atoms with Crippen molar-refractivity contribution in [2.24, 2.45) is 0 Å². The van der Waals surface area contributed by atoms with E-state index in [0.717, 1.165) is 11.6 Å². The van der Waals surface area contributed by atoms with Gasteiger partial charge >= 0.3 is 6.18 Å². The number of pyridine rings is 1. The van der Waals surface area contributed by atoms with Crippen LogP contribution in [0, 0.1) is 5.82 Å². The van der Waals surface area contributed by atoms with Gasteiger partial charge in [-0.2, -0.15) is 13.2 Å². The summed E-state index contributed by atoms with van der Waals surface area (Å²) in [7, 11) is 0. The second-order valence-electron chi connectivity index (χ2n) is 6.73. The highest BCUT2D eigenvalue weighted by atomic mass is 19.4. The Hall–Kier alpha value is -2.48. The first kappa shape index (κ1) is 21.8. The van der Waals surface area contributed by atoms with E-state index in [-0.39, 0.29) is 18.8 Å². The van der Waals surface area contributed by atoms with Crippen molar-refractivity contribution in [3.63, 3.8) is 0 Å². The maximum atomic E-state index is 13.9. The maximum absolute atomic E-state index is 13.9. The van der Waals surface area contributed by atoms with Crippen LogP contribution >= 0.6 is 0 Å². The van der Waals surface area contributed by atoms with Gasteiger partial charge in [0.25, 0.3) is 5.91 Å². The average molecular weight is 398 g/mol. The van der Waals surface area contributed by atoms with Crippen LogP contribution in [0.1, 0.15) is 48.0 Å². The van der Waals surface area contributed by atoms with Crippen molar-refractivity contribution in [3.05, 3.63) is 64.7 Å². The van der Waals surface area contributed by atoms with Crippen molar-refractivity contribution < 1.29 is 27.1 Å². The molecule has 1 amide bonds. The first-order valence-corrected chi connectivity index (χ1v) is 8.80. The molecule has 1 heterocycles. The molecule has 0 aliphatic heterocycles. The van der Waals surface area contributed by atoms with Crippen molar-refractivity contribution in [2.75, 3.05) is 0 Å². The summed E-state index contributed by atoms with van der Waals surface area (Å²) in [6, 6.07) is 5.43. The molecule has 0 fully saturated rings. The number of carbonyl (C=O) groups is 1. The summed E-state index contributed by atoms with van der Waals surface area (Å²) in [5, 5.41) is 2.47. The fourth-order valence-corrected chi connectivity index (χ4v) is 2.74. The van der Waals surface area contributed by atoms with E-state index >= 15 is 0 Å². The van der Waals surface area contributed by atoms with Gasteiger partial charge in [0.05, 0.1) is 35.6 Å². The Kier molecular flexibility index (Phi) is 7.12. The Morgan fingerprint density at radius 1 is 1.18 bits per heavy atom. The minimum Gasteiger partial charge on any atom is -0.376 e. The molecule has 0 bridgehead atoms. The molecule has 2 aromatic rings. The largest absolute Gasteiger partial charge is 0.416 e. The molecule has 1 aromatic carbocycles. The molecule has 1 unspecified atom stereocenters. The van der Waals surface area contributed by atoms with Crippen molar-refractivity contribution in [1.29, 1.82) is 0 Å². The zero-order valence-corrected chi connectivity index (χ0v) is 15.8. The lowest BCUT2D eigenvalue weighted by Crippen LogP contribution is -2.25. The standard InChI is InChI=1S/C20H22F4N2O2/c1-12(2)28-13(3)8-14-6-7-25-16(9-14)11-26-19(27)17-5-4-15(10-18(17)21)20(22,23)24/h4-7,9-10,12-13H,8,11H2,1-3H3,(H,26,27). The highest BCUT2D eigenvalue weighted by Gasteiger charge is 2.31. The molecule has 0 saturated carbocycles. The van der Waals surface area contributed by atoms with E-state index < -0.39 is 29.0 Å². The predicted octanol–water partition coefficient (Wildman–Crippen LogP) is 4.53. The number of nitrogens with one attached hydrogen (secondary N) is 1. The zero-order valence-electron chi connectivity index (χ0n) is 15.8. The van der Waals surface area contributed by atoms with E-state index in [0.29, 0.717) is 24.2 Å². The lowest BCUT2D eigenvalue weighted by atomic mass is 10.1. The summed E-state index contributed by atoms with van der Waals surface area (Å²) in [5.41, 5.74) is -0.0835. The maximum Gasteiger partial charge on any atom is 0.416 e. The number of aromatic nitrogens is 1. The summed E-state index contributed by atoms with van der Waals surface area (Å²) in [5.74, 6) is -2.04. The van der Waals surface area contributed by atoms with Gasteiger partial charge in [0.2, 0.25) is 0 Å². The normalized spacial score (nSPS) is 12.9. The molecule has 0 saturated heterocycles. The molecule has 0 radical (unpaired) electrons. The monoisotopic (exact) mass is 398 g/mol. The van der Waals surface area contributed by atoms with E-state index in [1.807, 2.05) is 26.8 Å². The third kappa shape index (κ3) is 6.30. The number of rotatable bonds is 7. The molecule has 0 aliphatic carbocycles. The van der Waals surface area contributed by atoms with Crippen molar-refractivity contribution in [2.45, 2.75) is 52.1 Å². The second kappa shape index (κ2) is 9.14. The Morgan fingerprint density at radius 2 is 1.89 bits per heavy atom. The third-order valence-electron chi connectivity index (χ3n) is 3.88. The van der Waals surface area contributed by atoms with E-state index in [2.05, 4.69) is 10.3 Å². The molecule has 0 aliphatic rings. The predicted molar refractivity (Wildman–Crippen MR) is 96.2 cm³/mol. The number of nitrogens with zero attached hydrogens (tertiary/aromatic N) is 1. The second-order valence-corrected chi connectivity index (χ2v) is 6.73. The number of ether oxygens (including phenoxy) is 1. The van der Waals surface area contributed by atoms with Crippen LogP contribution < -0.4 is 5.32 Å². The first-order chi connectivity index (χ1) is 13.1. The number of hydrogen-bond donors (Lipinski definition) is 1. The zero-order chi connectivity index (χ0) is 20.9. The minimum atomic E-state index is -4.67. The smallest absolute Gasteiger partial charge is 0.376 e. The van der Waals surface area contributed by atoms with Crippen LogP contribution in [-0.4, -0.2) is 23.1 Å². The summed E-state index contributed by atoms with van der Waals surface area (Å²) in [6.45, 7) is 5.87. The van der Waals surface area contributed by atoms with Gasteiger partial charge in [-0.1, -0.05) is 0 Å². The van der Waals surface area contributed by atoms with Crippen LogP contribution in [0.2, 0.25) is 0 Å². The Balaban J connectivity index is 2.00. The molecule has 1 aromatic heterocycles. The number of benzene rings is 1. The molecule has 28 heavy (non-hydrogen) atoms. The topological polar surface area (TPSA) is 51.2 Å². The van der Waals surface area contributed by atoms with Gasteiger partial charge in [-0.15, -0.1) is 0 Å². The van der Waals surface area contributed by atoms with Gasteiger partial charge in [-0.05, 0) is 63.1 Å². The number of hydrogen-bond acceptors (Lipinski definition) is 3. The number of alkyl halides is 3. The van der Waals surface area contributed by atoms with Crippen LogP contribution in [-0.2, 0) is 23.9 Å². The van der Waals surface area contributed by atoms with Crippen LogP contribution in [0.15, 0.2) is 36.5 Å². The molecule has 4 nitrogen and oxygen atoms in total. The molecule has 1 atom stereocenters. The number of halogens is 4. The Labute approximate surface area is 160 Å². The minimum absolute atomic E-state index is 0.00563. The van der Waals surface area contributed by atoms with Crippen molar-refractivity contribution >= 4 is 5.91 Å². The molecule has 152 valence electrons. The Bertz CT molecular complexity index is 822. The SMILES string of the molecule is CC(C)OC(C)Cc1ccnc(CNC(=O)c2ccc(C(F)(F)F)cc2F)c1. The van der Waals surface area contributed by atoms with Crippen LogP contribution in [0.4, 0.5) is 17.6 Å². The van der Waals surface area contributed by atoms with E-state index in [1.165, 1.54) is 0 Å². The van der Waals surface area contributed by atoms with Gasteiger partial charge in [0, 0.05) is 6.20 Å². The molecule has 0 spiro atoms. The van der Waals surface area contributed by atoms with Crippen LogP contribution in [0.3, 0.4) is 0 Å². The van der Waals surface area contributed by atoms with E-state index in [9.17, 15) is 22.4 Å². The summed E-state index contributed by atoms with van der Waals surface area (Å²) in [6.07, 6.45) is -2.30. The van der Waals surface area contributed by atoms with Crippen LogP contribution in [0.5, 0.6) is 0 Å². The van der Waals surface area contributed by atoms with Crippen molar-refractivity contribution in [3.8, 4) is 0 Å². The van der Waals surface area contributed by atoms with E-state index in [4.69, 9.17) is 4.74 Å². The summed E-state index contributed by atoms with van der Waals surface area (Å²) in [4.78, 5) is 16.2. The molecule has 8 heteroatoms. The summed E-state index contributed by atoms with van der Waals surface area (Å²) < 4.78 is 57.3. The van der Waals surface area contributed by atoms with Crippen LogP contribution in [0.25, 0.3) is 0 Å². The van der Waals surface area contributed by atoms with Gasteiger partial charge < -0.3 is 10.1 Å². The highest BCUT2D eigenvalue weighted by molar-refractivity contribution is 5.94. The van der Waals surface area contributed by atoms with Crippen molar-refractivity contribution in [1.82, 2.24) is 10.3 Å². The molecular formula is C20H22F4N2O2. The fraction of sp³-hybridized carbons (Fsp3) is 0.400. The summed E-state index contributed by atoms with van der Waals surface area (Å²) >= 11 is 0. The Morgan fingerprint density at radius 3 is 2.50 bits per heavy atom. The lowest BCUT2D eigenvalue weighted by Gasteiger charge is -2.16. The van der Waals surface area contributed by atoms with Gasteiger partial charge in [0.1, 0.15) is 5.82 Å². The molecule has 2 rings (SSSR count). The van der Waals surface area contributed by atoms with E-state index in [1.54, 1.807) is 12.3 Å². The van der Waals surface area contributed by atoms with Gasteiger partial charge in [0.15, 0.2) is 0 Å². The third-order valence-corrected chi connectivity index (χ3v) is 3.88. The molecule has 1 N–H and O–H groups in total. The van der Waals surface area contributed by atoms with Gasteiger partial charge in [-0.3, -0.25) is 9.78 Å². The lowest BCUT2D eigenvalue weighted by molar-refractivity contribution is -0.137. The highest BCUT2D eigenvalue weighted by Crippen LogP contribution is 2.30. The average Bonchev–Trinajstić information content (AvgIpc) is 2.58. The fourth-order valence-electron chi connectivity index (χ4n) is 2.74.